The molecule has 1 nitrogen and oxygen atoms in total. The molecule has 0 amide bonds. The van der Waals surface area contributed by atoms with Crippen molar-refractivity contribution in [3.05, 3.63) is 6.61 Å². The molecule has 0 aliphatic heterocycles. The average Bonchev–Trinajstić information content (AvgIpc) is 2.45. The maximum absolute atomic E-state index is 5.70. The standard InChI is InChI=1S/C10H17O/c1-3-11-10(2)7-8-4-5-9(10)6-8/h3,8-9H,4-7H2,1-2H3. The van der Waals surface area contributed by atoms with Gasteiger partial charge in [0, 0.05) is 0 Å². The molecule has 2 bridgehead atoms. The van der Waals surface area contributed by atoms with Crippen molar-refractivity contribution in [1.29, 1.82) is 0 Å². The molecule has 2 aliphatic carbocycles. The lowest BCUT2D eigenvalue weighted by Crippen LogP contribution is -2.33. The summed E-state index contributed by atoms with van der Waals surface area (Å²) in [7, 11) is 0. The van der Waals surface area contributed by atoms with Crippen molar-refractivity contribution in [2.45, 2.75) is 45.1 Å². The van der Waals surface area contributed by atoms with Crippen LogP contribution in [0, 0.1) is 18.4 Å². The second-order valence-corrected chi connectivity index (χ2v) is 4.25. The summed E-state index contributed by atoms with van der Waals surface area (Å²) in [5.41, 5.74) is 0.206. The zero-order valence-electron chi connectivity index (χ0n) is 7.47. The van der Waals surface area contributed by atoms with Crippen molar-refractivity contribution < 1.29 is 4.74 Å². The molecule has 3 atom stereocenters. The van der Waals surface area contributed by atoms with Gasteiger partial charge in [0.1, 0.15) is 0 Å². The summed E-state index contributed by atoms with van der Waals surface area (Å²) in [6.45, 7) is 6.12. The Balaban J connectivity index is 2.04. The monoisotopic (exact) mass is 153 g/mol. The molecular formula is C10H17O. The Hall–Kier alpha value is -0.0400. The van der Waals surface area contributed by atoms with Gasteiger partial charge in [0.15, 0.2) is 0 Å². The van der Waals surface area contributed by atoms with Gasteiger partial charge in [-0.25, -0.2) is 0 Å². The second-order valence-electron chi connectivity index (χ2n) is 4.25. The summed E-state index contributed by atoms with van der Waals surface area (Å²) in [4.78, 5) is 0. The Morgan fingerprint density at radius 2 is 2.27 bits per heavy atom. The highest BCUT2D eigenvalue weighted by atomic mass is 16.5. The smallest absolute Gasteiger partial charge is 0.0813 e. The van der Waals surface area contributed by atoms with Crippen LogP contribution in [-0.2, 0) is 4.74 Å². The Kier molecular flexibility index (Phi) is 1.71. The molecule has 0 aromatic rings. The fourth-order valence-corrected chi connectivity index (χ4v) is 2.97. The molecule has 2 saturated carbocycles. The lowest BCUT2D eigenvalue weighted by atomic mass is 9.86. The highest BCUT2D eigenvalue weighted by Crippen LogP contribution is 2.52. The van der Waals surface area contributed by atoms with Gasteiger partial charge in [0.05, 0.1) is 12.2 Å². The molecule has 0 N–H and O–H groups in total. The molecule has 11 heavy (non-hydrogen) atoms. The van der Waals surface area contributed by atoms with Gasteiger partial charge >= 0.3 is 0 Å². The molecule has 0 spiro atoms. The summed E-state index contributed by atoms with van der Waals surface area (Å²) < 4.78 is 5.70. The number of hydrogen-bond acceptors (Lipinski definition) is 1. The van der Waals surface area contributed by atoms with E-state index in [1.165, 1.54) is 25.7 Å². The molecule has 63 valence electrons. The predicted molar refractivity (Wildman–Crippen MR) is 44.9 cm³/mol. The largest absolute Gasteiger partial charge is 0.369 e. The van der Waals surface area contributed by atoms with Crippen LogP contribution in [0.2, 0.25) is 0 Å². The van der Waals surface area contributed by atoms with Crippen molar-refractivity contribution in [2.24, 2.45) is 11.8 Å². The van der Waals surface area contributed by atoms with Crippen molar-refractivity contribution >= 4 is 0 Å². The number of hydrogen-bond donors (Lipinski definition) is 0. The van der Waals surface area contributed by atoms with Gasteiger partial charge in [0.2, 0.25) is 0 Å². The molecule has 0 aromatic heterocycles. The Bertz CT molecular complexity index is 155. The van der Waals surface area contributed by atoms with Crippen LogP contribution >= 0.6 is 0 Å². The minimum absolute atomic E-state index is 0.206. The van der Waals surface area contributed by atoms with Crippen LogP contribution in [-0.4, -0.2) is 5.60 Å². The Morgan fingerprint density at radius 1 is 1.45 bits per heavy atom. The van der Waals surface area contributed by atoms with E-state index in [2.05, 4.69) is 6.92 Å². The summed E-state index contributed by atoms with van der Waals surface area (Å²) in [5.74, 6) is 1.83. The van der Waals surface area contributed by atoms with Crippen LogP contribution in [0.1, 0.15) is 39.5 Å². The summed E-state index contributed by atoms with van der Waals surface area (Å²) >= 11 is 0. The van der Waals surface area contributed by atoms with Crippen molar-refractivity contribution in [1.82, 2.24) is 0 Å². The van der Waals surface area contributed by atoms with E-state index < -0.39 is 0 Å². The van der Waals surface area contributed by atoms with Crippen molar-refractivity contribution in [3.8, 4) is 0 Å². The van der Waals surface area contributed by atoms with E-state index >= 15 is 0 Å². The second kappa shape index (κ2) is 2.48. The lowest BCUT2D eigenvalue weighted by molar-refractivity contribution is -0.0326. The topological polar surface area (TPSA) is 9.23 Å². The first-order valence-corrected chi connectivity index (χ1v) is 4.70. The van der Waals surface area contributed by atoms with Crippen LogP contribution < -0.4 is 0 Å². The zero-order valence-corrected chi connectivity index (χ0v) is 7.47. The molecule has 0 heterocycles. The van der Waals surface area contributed by atoms with Gasteiger partial charge in [0.25, 0.3) is 0 Å². The minimum Gasteiger partial charge on any atom is -0.369 e. The minimum atomic E-state index is 0.206. The van der Waals surface area contributed by atoms with Gasteiger partial charge in [-0.15, -0.1) is 0 Å². The van der Waals surface area contributed by atoms with E-state index in [1.54, 1.807) is 0 Å². The van der Waals surface area contributed by atoms with Crippen molar-refractivity contribution in [3.63, 3.8) is 0 Å². The fourth-order valence-electron chi connectivity index (χ4n) is 2.97. The van der Waals surface area contributed by atoms with E-state index in [9.17, 15) is 0 Å². The predicted octanol–water partition coefficient (Wildman–Crippen LogP) is 2.76. The molecular weight excluding hydrogens is 136 g/mol. The van der Waals surface area contributed by atoms with E-state index in [0.717, 1.165) is 11.8 Å². The Labute approximate surface area is 69.1 Å². The molecule has 0 aromatic carbocycles. The summed E-state index contributed by atoms with van der Waals surface area (Å²) in [6.07, 6.45) is 5.56. The molecule has 1 heteroatoms. The number of fused-ring (bicyclic) bond motifs is 2. The third-order valence-corrected chi connectivity index (χ3v) is 3.49. The molecule has 1 radical (unpaired) electrons. The van der Waals surface area contributed by atoms with Gasteiger partial charge in [-0.3, -0.25) is 0 Å². The van der Waals surface area contributed by atoms with E-state index in [4.69, 9.17) is 4.74 Å². The maximum atomic E-state index is 5.70. The van der Waals surface area contributed by atoms with Crippen LogP contribution in [0.3, 0.4) is 0 Å². The first-order chi connectivity index (χ1) is 5.24. The number of ether oxygens (including phenoxy) is 1. The molecule has 2 aliphatic rings. The summed E-state index contributed by atoms with van der Waals surface area (Å²) in [6, 6.07) is 0. The number of rotatable bonds is 2. The third-order valence-electron chi connectivity index (χ3n) is 3.49. The average molecular weight is 153 g/mol. The highest BCUT2D eigenvalue weighted by molar-refractivity contribution is 5.00. The first kappa shape index (κ1) is 7.60. The van der Waals surface area contributed by atoms with Gasteiger partial charge in [-0.1, -0.05) is 0 Å². The fraction of sp³-hybridized carbons (Fsp3) is 0.900. The van der Waals surface area contributed by atoms with Crippen LogP contribution in [0.4, 0.5) is 0 Å². The molecule has 2 rings (SSSR count). The zero-order chi connectivity index (χ0) is 7.90. The van der Waals surface area contributed by atoms with Gasteiger partial charge in [-0.05, 0) is 51.4 Å². The van der Waals surface area contributed by atoms with Gasteiger partial charge < -0.3 is 4.74 Å². The third kappa shape index (κ3) is 1.10. The van der Waals surface area contributed by atoms with E-state index in [0.29, 0.717) is 0 Å². The summed E-state index contributed by atoms with van der Waals surface area (Å²) in [5, 5.41) is 0. The quantitative estimate of drug-likeness (QED) is 0.592. The van der Waals surface area contributed by atoms with Crippen LogP contribution in [0.5, 0.6) is 0 Å². The highest BCUT2D eigenvalue weighted by Gasteiger charge is 2.48. The van der Waals surface area contributed by atoms with Crippen LogP contribution in [0.15, 0.2) is 0 Å². The Morgan fingerprint density at radius 3 is 2.73 bits per heavy atom. The van der Waals surface area contributed by atoms with E-state index in [-0.39, 0.29) is 5.60 Å². The van der Waals surface area contributed by atoms with Crippen molar-refractivity contribution in [2.75, 3.05) is 0 Å². The lowest BCUT2D eigenvalue weighted by Gasteiger charge is -2.33. The SMILES string of the molecule is C[CH]OC1(C)CC2CCC1C2. The molecule has 0 saturated heterocycles. The molecule has 2 fully saturated rings. The first-order valence-electron chi connectivity index (χ1n) is 4.70. The van der Waals surface area contributed by atoms with Crippen LogP contribution in [0.25, 0.3) is 0 Å². The van der Waals surface area contributed by atoms with E-state index in [1.807, 2.05) is 13.5 Å². The maximum Gasteiger partial charge on any atom is 0.0813 e. The molecule has 3 unspecified atom stereocenters. The van der Waals surface area contributed by atoms with Gasteiger partial charge in [-0.2, -0.15) is 0 Å². The normalized spacial score (nSPS) is 48.5.